The third kappa shape index (κ3) is 3.59. The molecule has 0 radical (unpaired) electrons. The number of hydrogen-bond acceptors (Lipinski definition) is 3. The Morgan fingerprint density at radius 2 is 2.33 bits per heavy atom. The minimum Gasteiger partial charge on any atom is -0.475 e. The first-order valence-electron chi connectivity index (χ1n) is 6.50. The minimum atomic E-state index is 0.217. The monoisotopic (exact) mass is 269 g/mol. The van der Waals surface area contributed by atoms with Crippen molar-refractivity contribution in [3.05, 3.63) is 23.4 Å². The van der Waals surface area contributed by atoms with E-state index in [1.807, 2.05) is 12.1 Å². The molecular weight excluding hydrogens is 250 g/mol. The standard InChI is InChI=1S/C14H20ClNO2/c1-10(2)13-6-11(8-15)7-14(16-13)18-9-12-4-3-5-17-12/h6-7,10,12H,3-5,8-9H2,1-2H3. The van der Waals surface area contributed by atoms with E-state index in [-0.39, 0.29) is 6.10 Å². The molecule has 1 aliphatic rings. The van der Waals surface area contributed by atoms with Crippen molar-refractivity contribution in [3.8, 4) is 5.88 Å². The highest BCUT2D eigenvalue weighted by Crippen LogP contribution is 2.21. The molecule has 0 aromatic carbocycles. The maximum Gasteiger partial charge on any atom is 0.213 e. The van der Waals surface area contributed by atoms with Crippen LogP contribution in [0, 0.1) is 0 Å². The molecule has 1 aliphatic heterocycles. The van der Waals surface area contributed by atoms with Crippen molar-refractivity contribution >= 4 is 11.6 Å². The van der Waals surface area contributed by atoms with Crippen LogP contribution < -0.4 is 4.74 Å². The zero-order valence-electron chi connectivity index (χ0n) is 11.0. The molecule has 1 aromatic rings. The number of nitrogens with zero attached hydrogens (tertiary/aromatic N) is 1. The van der Waals surface area contributed by atoms with Gasteiger partial charge in [-0.3, -0.25) is 0 Å². The van der Waals surface area contributed by atoms with E-state index < -0.39 is 0 Å². The van der Waals surface area contributed by atoms with E-state index in [0.717, 1.165) is 30.7 Å². The van der Waals surface area contributed by atoms with E-state index in [1.165, 1.54) is 0 Å². The Hall–Kier alpha value is -0.800. The third-order valence-electron chi connectivity index (χ3n) is 3.07. The van der Waals surface area contributed by atoms with Crippen LogP contribution in [0.15, 0.2) is 12.1 Å². The first-order chi connectivity index (χ1) is 8.69. The molecular formula is C14H20ClNO2. The van der Waals surface area contributed by atoms with Crippen LogP contribution in [0.1, 0.15) is 43.9 Å². The van der Waals surface area contributed by atoms with Crippen LogP contribution in [0.2, 0.25) is 0 Å². The molecule has 1 unspecified atom stereocenters. The predicted octanol–water partition coefficient (Wildman–Crippen LogP) is 3.50. The van der Waals surface area contributed by atoms with Crippen LogP contribution in [0.25, 0.3) is 0 Å². The van der Waals surface area contributed by atoms with Gasteiger partial charge >= 0.3 is 0 Å². The number of rotatable bonds is 5. The summed E-state index contributed by atoms with van der Waals surface area (Å²) in [5, 5.41) is 0. The van der Waals surface area contributed by atoms with E-state index >= 15 is 0 Å². The Bertz CT molecular complexity index is 389. The Morgan fingerprint density at radius 3 is 2.94 bits per heavy atom. The third-order valence-corrected chi connectivity index (χ3v) is 3.38. The summed E-state index contributed by atoms with van der Waals surface area (Å²) >= 11 is 5.89. The van der Waals surface area contributed by atoms with Gasteiger partial charge < -0.3 is 9.47 Å². The fraction of sp³-hybridized carbons (Fsp3) is 0.643. The molecule has 1 saturated heterocycles. The van der Waals surface area contributed by atoms with Gasteiger partial charge in [0, 0.05) is 24.2 Å². The van der Waals surface area contributed by atoms with E-state index in [9.17, 15) is 0 Å². The highest BCUT2D eigenvalue weighted by Gasteiger charge is 2.16. The average molecular weight is 270 g/mol. The van der Waals surface area contributed by atoms with Gasteiger partial charge in [0.15, 0.2) is 0 Å². The number of aromatic nitrogens is 1. The van der Waals surface area contributed by atoms with Crippen LogP contribution in [0.3, 0.4) is 0 Å². The lowest BCUT2D eigenvalue weighted by molar-refractivity contribution is 0.0662. The number of alkyl halides is 1. The molecule has 0 N–H and O–H groups in total. The lowest BCUT2D eigenvalue weighted by Crippen LogP contribution is -2.17. The average Bonchev–Trinajstić information content (AvgIpc) is 2.89. The summed E-state index contributed by atoms with van der Waals surface area (Å²) in [6.07, 6.45) is 2.42. The van der Waals surface area contributed by atoms with Gasteiger partial charge in [-0.05, 0) is 30.4 Å². The quantitative estimate of drug-likeness (QED) is 0.767. The van der Waals surface area contributed by atoms with Crippen molar-refractivity contribution in [2.24, 2.45) is 0 Å². The van der Waals surface area contributed by atoms with Gasteiger partial charge in [0.1, 0.15) is 6.61 Å². The maximum absolute atomic E-state index is 5.89. The van der Waals surface area contributed by atoms with Crippen LogP contribution in [-0.4, -0.2) is 24.3 Å². The van der Waals surface area contributed by atoms with Crippen LogP contribution in [-0.2, 0) is 10.6 Å². The second kappa shape index (κ2) is 6.39. The van der Waals surface area contributed by atoms with Crippen molar-refractivity contribution in [2.45, 2.75) is 44.6 Å². The number of pyridine rings is 1. The molecule has 2 heterocycles. The van der Waals surface area contributed by atoms with Crippen molar-refractivity contribution < 1.29 is 9.47 Å². The molecule has 0 saturated carbocycles. The molecule has 3 nitrogen and oxygen atoms in total. The molecule has 18 heavy (non-hydrogen) atoms. The highest BCUT2D eigenvalue weighted by atomic mass is 35.5. The van der Waals surface area contributed by atoms with Gasteiger partial charge in [-0.25, -0.2) is 4.98 Å². The Balaban J connectivity index is 2.03. The summed E-state index contributed by atoms with van der Waals surface area (Å²) in [7, 11) is 0. The Morgan fingerprint density at radius 1 is 1.50 bits per heavy atom. The van der Waals surface area contributed by atoms with Crippen LogP contribution in [0.4, 0.5) is 0 Å². The maximum atomic E-state index is 5.89. The zero-order valence-corrected chi connectivity index (χ0v) is 11.7. The van der Waals surface area contributed by atoms with Crippen LogP contribution in [0.5, 0.6) is 5.88 Å². The fourth-order valence-corrected chi connectivity index (χ4v) is 2.14. The highest BCUT2D eigenvalue weighted by molar-refractivity contribution is 6.17. The molecule has 0 bridgehead atoms. The summed E-state index contributed by atoms with van der Waals surface area (Å²) in [6.45, 7) is 5.66. The van der Waals surface area contributed by atoms with E-state index in [0.29, 0.717) is 24.3 Å². The second-order valence-electron chi connectivity index (χ2n) is 4.97. The molecule has 1 aromatic heterocycles. The zero-order chi connectivity index (χ0) is 13.0. The second-order valence-corrected chi connectivity index (χ2v) is 5.24. The molecule has 4 heteroatoms. The summed E-state index contributed by atoms with van der Waals surface area (Å²) in [5.41, 5.74) is 2.08. The van der Waals surface area contributed by atoms with E-state index in [2.05, 4.69) is 18.8 Å². The van der Waals surface area contributed by atoms with Gasteiger partial charge in [-0.1, -0.05) is 13.8 Å². The summed E-state index contributed by atoms with van der Waals surface area (Å²) in [4.78, 5) is 4.51. The minimum absolute atomic E-state index is 0.217. The normalized spacial score (nSPS) is 19.4. The van der Waals surface area contributed by atoms with Crippen molar-refractivity contribution in [3.63, 3.8) is 0 Å². The first kappa shape index (κ1) is 13.6. The molecule has 0 amide bonds. The number of ether oxygens (including phenoxy) is 2. The smallest absolute Gasteiger partial charge is 0.213 e. The molecule has 0 spiro atoms. The lowest BCUT2D eigenvalue weighted by Gasteiger charge is -2.13. The van der Waals surface area contributed by atoms with E-state index in [4.69, 9.17) is 21.1 Å². The number of hydrogen-bond donors (Lipinski definition) is 0. The molecule has 0 aliphatic carbocycles. The van der Waals surface area contributed by atoms with Gasteiger partial charge in [0.2, 0.25) is 5.88 Å². The van der Waals surface area contributed by atoms with Gasteiger partial charge in [-0.15, -0.1) is 11.6 Å². The largest absolute Gasteiger partial charge is 0.475 e. The fourth-order valence-electron chi connectivity index (χ4n) is 1.98. The van der Waals surface area contributed by atoms with E-state index in [1.54, 1.807) is 0 Å². The molecule has 1 fully saturated rings. The topological polar surface area (TPSA) is 31.4 Å². The van der Waals surface area contributed by atoms with Gasteiger partial charge in [-0.2, -0.15) is 0 Å². The lowest BCUT2D eigenvalue weighted by atomic mass is 10.1. The summed E-state index contributed by atoms with van der Waals surface area (Å²) < 4.78 is 11.3. The Labute approximate surface area is 113 Å². The Kier molecular flexibility index (Phi) is 4.84. The number of halogens is 1. The molecule has 2 rings (SSSR count). The molecule has 100 valence electrons. The predicted molar refractivity (Wildman–Crippen MR) is 72.4 cm³/mol. The van der Waals surface area contributed by atoms with Crippen molar-refractivity contribution in [1.29, 1.82) is 0 Å². The van der Waals surface area contributed by atoms with Crippen molar-refractivity contribution in [2.75, 3.05) is 13.2 Å². The SMILES string of the molecule is CC(C)c1cc(CCl)cc(OCC2CCCO2)n1. The van der Waals surface area contributed by atoms with Crippen LogP contribution >= 0.6 is 11.6 Å². The summed E-state index contributed by atoms with van der Waals surface area (Å²) in [5.74, 6) is 1.52. The van der Waals surface area contributed by atoms with Gasteiger partial charge in [0.25, 0.3) is 0 Å². The summed E-state index contributed by atoms with van der Waals surface area (Å²) in [6, 6.07) is 3.95. The van der Waals surface area contributed by atoms with Crippen molar-refractivity contribution in [1.82, 2.24) is 4.98 Å². The first-order valence-corrected chi connectivity index (χ1v) is 7.03. The molecule has 1 atom stereocenters. The van der Waals surface area contributed by atoms with Gasteiger partial charge in [0.05, 0.1) is 6.10 Å².